The summed E-state index contributed by atoms with van der Waals surface area (Å²) in [6.07, 6.45) is 3.58. The topological polar surface area (TPSA) is 79.0 Å². The van der Waals surface area contributed by atoms with E-state index >= 15 is 0 Å². The molecule has 0 saturated carbocycles. The molecule has 0 spiro atoms. The predicted molar refractivity (Wildman–Crippen MR) is 118 cm³/mol. The first-order valence-corrected chi connectivity index (χ1v) is 11.9. The lowest BCUT2D eigenvalue weighted by molar-refractivity contribution is -0.119. The highest BCUT2D eigenvalue weighted by atomic mass is 32.2. The summed E-state index contributed by atoms with van der Waals surface area (Å²) in [4.78, 5) is 14.9. The van der Waals surface area contributed by atoms with Crippen LogP contribution in [0.1, 0.15) is 24.0 Å². The molecule has 1 N–H and O–H groups in total. The number of hydrogen-bond acceptors (Lipinski definition) is 5. The van der Waals surface area contributed by atoms with E-state index in [9.17, 15) is 13.2 Å². The summed E-state index contributed by atoms with van der Waals surface area (Å²) in [6, 6.07) is 14.8. The summed E-state index contributed by atoms with van der Waals surface area (Å²) >= 11 is 0. The van der Waals surface area contributed by atoms with Crippen molar-refractivity contribution in [2.75, 3.05) is 37.3 Å². The first-order chi connectivity index (χ1) is 14.3. The Bertz CT molecular complexity index is 972. The SMILES string of the molecule is COc1cccc(N(CC(=O)NCc2cccc(CN3CCCC3)c2)S(C)(=O)=O)c1. The number of ether oxygens (including phenoxy) is 1. The summed E-state index contributed by atoms with van der Waals surface area (Å²) in [5.41, 5.74) is 2.60. The number of likely N-dealkylation sites (tertiary alicyclic amines) is 1. The Morgan fingerprint density at radius 3 is 2.50 bits per heavy atom. The number of amides is 1. The van der Waals surface area contributed by atoms with E-state index in [0.717, 1.165) is 35.8 Å². The highest BCUT2D eigenvalue weighted by Crippen LogP contribution is 2.23. The Labute approximate surface area is 178 Å². The van der Waals surface area contributed by atoms with Gasteiger partial charge in [0.05, 0.1) is 19.1 Å². The monoisotopic (exact) mass is 431 g/mol. The molecule has 2 aromatic carbocycles. The molecule has 162 valence electrons. The molecule has 3 rings (SSSR count). The van der Waals surface area contributed by atoms with Crippen molar-refractivity contribution in [3.8, 4) is 5.75 Å². The van der Waals surface area contributed by atoms with Crippen molar-refractivity contribution in [1.29, 1.82) is 0 Å². The van der Waals surface area contributed by atoms with Crippen LogP contribution in [-0.2, 0) is 27.9 Å². The minimum absolute atomic E-state index is 0.292. The second-order valence-electron chi connectivity index (χ2n) is 7.55. The van der Waals surface area contributed by atoms with Crippen LogP contribution >= 0.6 is 0 Å². The van der Waals surface area contributed by atoms with E-state index in [1.165, 1.54) is 25.5 Å². The summed E-state index contributed by atoms with van der Waals surface area (Å²) in [5, 5.41) is 2.83. The molecule has 1 saturated heterocycles. The number of nitrogens with zero attached hydrogens (tertiary/aromatic N) is 2. The quantitative estimate of drug-likeness (QED) is 0.660. The molecule has 1 heterocycles. The number of carbonyl (C=O) groups excluding carboxylic acids is 1. The van der Waals surface area contributed by atoms with E-state index in [1.54, 1.807) is 24.3 Å². The predicted octanol–water partition coefficient (Wildman–Crippen LogP) is 2.37. The first kappa shape index (κ1) is 22.1. The first-order valence-electron chi connectivity index (χ1n) is 10.0. The number of sulfonamides is 1. The molecule has 0 atom stereocenters. The average Bonchev–Trinajstić information content (AvgIpc) is 3.23. The number of nitrogens with one attached hydrogen (secondary N) is 1. The lowest BCUT2D eigenvalue weighted by Crippen LogP contribution is -2.40. The molecule has 8 heteroatoms. The van der Waals surface area contributed by atoms with Crippen LogP contribution in [0, 0.1) is 0 Å². The molecule has 1 aliphatic rings. The highest BCUT2D eigenvalue weighted by Gasteiger charge is 2.21. The van der Waals surface area contributed by atoms with Crippen molar-refractivity contribution in [3.63, 3.8) is 0 Å². The highest BCUT2D eigenvalue weighted by molar-refractivity contribution is 7.92. The summed E-state index contributed by atoms with van der Waals surface area (Å²) in [7, 11) is -2.12. The summed E-state index contributed by atoms with van der Waals surface area (Å²) in [5.74, 6) is 0.157. The fourth-order valence-corrected chi connectivity index (χ4v) is 4.44. The van der Waals surface area contributed by atoms with Crippen LogP contribution in [-0.4, -0.2) is 52.2 Å². The molecule has 0 radical (unpaired) electrons. The Kier molecular flexibility index (Phi) is 7.33. The van der Waals surface area contributed by atoms with Gasteiger partial charge in [-0.1, -0.05) is 30.3 Å². The van der Waals surface area contributed by atoms with Gasteiger partial charge in [0, 0.05) is 19.2 Å². The second kappa shape index (κ2) is 9.95. The maximum Gasteiger partial charge on any atom is 0.241 e. The van der Waals surface area contributed by atoms with Gasteiger partial charge in [0.25, 0.3) is 0 Å². The number of methoxy groups -OCH3 is 1. The number of benzene rings is 2. The van der Waals surface area contributed by atoms with Crippen LogP contribution < -0.4 is 14.4 Å². The molecule has 0 bridgehead atoms. The van der Waals surface area contributed by atoms with Crippen LogP contribution in [0.15, 0.2) is 48.5 Å². The maximum absolute atomic E-state index is 12.5. The molecule has 7 nitrogen and oxygen atoms in total. The Hall–Kier alpha value is -2.58. The van der Waals surface area contributed by atoms with E-state index in [0.29, 0.717) is 18.0 Å². The fraction of sp³-hybridized carbons (Fsp3) is 0.409. The van der Waals surface area contributed by atoms with E-state index in [4.69, 9.17) is 4.74 Å². The van der Waals surface area contributed by atoms with E-state index in [2.05, 4.69) is 22.3 Å². The van der Waals surface area contributed by atoms with Crippen LogP contribution in [0.25, 0.3) is 0 Å². The molecule has 30 heavy (non-hydrogen) atoms. The Balaban J connectivity index is 1.62. The van der Waals surface area contributed by atoms with Crippen molar-refractivity contribution < 1.29 is 17.9 Å². The number of anilines is 1. The van der Waals surface area contributed by atoms with Gasteiger partial charge in [0.2, 0.25) is 15.9 Å². The number of carbonyl (C=O) groups is 1. The molecular weight excluding hydrogens is 402 g/mol. The molecule has 0 aromatic heterocycles. The van der Waals surface area contributed by atoms with Crippen molar-refractivity contribution >= 4 is 21.6 Å². The minimum atomic E-state index is -3.63. The molecule has 1 amide bonds. The van der Waals surface area contributed by atoms with Gasteiger partial charge in [-0.2, -0.15) is 0 Å². The van der Waals surface area contributed by atoms with Gasteiger partial charge in [0.1, 0.15) is 12.3 Å². The zero-order chi connectivity index (χ0) is 21.6. The fourth-order valence-electron chi connectivity index (χ4n) is 3.59. The zero-order valence-corrected chi connectivity index (χ0v) is 18.3. The van der Waals surface area contributed by atoms with Gasteiger partial charge < -0.3 is 10.1 Å². The van der Waals surface area contributed by atoms with Crippen molar-refractivity contribution in [2.45, 2.75) is 25.9 Å². The average molecular weight is 432 g/mol. The van der Waals surface area contributed by atoms with E-state index in [1.807, 2.05) is 12.1 Å². The third-order valence-corrected chi connectivity index (χ3v) is 6.26. The van der Waals surface area contributed by atoms with E-state index in [-0.39, 0.29) is 12.5 Å². The Morgan fingerprint density at radius 1 is 1.10 bits per heavy atom. The van der Waals surface area contributed by atoms with E-state index < -0.39 is 10.0 Å². The van der Waals surface area contributed by atoms with Gasteiger partial charge in [-0.25, -0.2) is 8.42 Å². The maximum atomic E-state index is 12.5. The molecule has 1 aliphatic heterocycles. The summed E-state index contributed by atoms with van der Waals surface area (Å²) in [6.45, 7) is 3.24. The largest absolute Gasteiger partial charge is 0.497 e. The van der Waals surface area contributed by atoms with Crippen LogP contribution in [0.4, 0.5) is 5.69 Å². The number of hydrogen-bond donors (Lipinski definition) is 1. The van der Waals surface area contributed by atoms with Gasteiger partial charge >= 0.3 is 0 Å². The second-order valence-corrected chi connectivity index (χ2v) is 9.46. The lowest BCUT2D eigenvalue weighted by Gasteiger charge is -2.22. The van der Waals surface area contributed by atoms with Crippen molar-refractivity contribution in [3.05, 3.63) is 59.7 Å². The third-order valence-electron chi connectivity index (χ3n) is 5.11. The van der Waals surface area contributed by atoms with Gasteiger partial charge in [-0.05, 0) is 49.2 Å². The lowest BCUT2D eigenvalue weighted by atomic mass is 10.1. The molecule has 0 aliphatic carbocycles. The van der Waals surface area contributed by atoms with Crippen LogP contribution in [0.2, 0.25) is 0 Å². The molecule has 1 fully saturated rings. The normalized spacial score (nSPS) is 14.5. The third kappa shape index (κ3) is 6.21. The molecule has 0 unspecified atom stereocenters. The van der Waals surface area contributed by atoms with Gasteiger partial charge in [-0.15, -0.1) is 0 Å². The van der Waals surface area contributed by atoms with Gasteiger partial charge in [-0.3, -0.25) is 14.0 Å². The van der Waals surface area contributed by atoms with Crippen molar-refractivity contribution in [2.24, 2.45) is 0 Å². The molecule has 2 aromatic rings. The Morgan fingerprint density at radius 2 is 1.80 bits per heavy atom. The number of rotatable bonds is 9. The molecular formula is C22H29N3O4S. The van der Waals surface area contributed by atoms with Crippen LogP contribution in [0.5, 0.6) is 5.75 Å². The zero-order valence-electron chi connectivity index (χ0n) is 17.5. The minimum Gasteiger partial charge on any atom is -0.497 e. The standard InChI is InChI=1S/C22H29N3O4S/c1-29-21-10-6-9-20(14-21)25(30(2,27)28)17-22(26)23-15-18-7-5-8-19(13-18)16-24-11-3-4-12-24/h5-10,13-14H,3-4,11-12,15-17H2,1-2H3,(H,23,26). The van der Waals surface area contributed by atoms with Crippen LogP contribution in [0.3, 0.4) is 0 Å². The van der Waals surface area contributed by atoms with Gasteiger partial charge in [0.15, 0.2) is 0 Å². The smallest absolute Gasteiger partial charge is 0.241 e. The summed E-state index contributed by atoms with van der Waals surface area (Å²) < 4.78 is 30.7. The van der Waals surface area contributed by atoms with Crippen molar-refractivity contribution in [1.82, 2.24) is 10.2 Å².